The first-order valence-electron chi connectivity index (χ1n) is 6.16. The van der Waals surface area contributed by atoms with E-state index < -0.39 is 0 Å². The summed E-state index contributed by atoms with van der Waals surface area (Å²) in [5.74, 6) is 0.108. The minimum absolute atomic E-state index is 0.340. The van der Waals surface area contributed by atoms with Gasteiger partial charge in [-0.05, 0) is 42.9 Å². The summed E-state index contributed by atoms with van der Waals surface area (Å²) in [5.41, 5.74) is 3.74. The first-order valence-corrected chi connectivity index (χ1v) is 6.57. The Morgan fingerprint density at radius 1 is 1.25 bits per heavy atom. The molecule has 1 aromatic heterocycles. The number of nitrogens with one attached hydrogen (secondary N) is 1. The second kappa shape index (κ2) is 4.76. The van der Waals surface area contributed by atoms with Crippen molar-refractivity contribution in [1.82, 2.24) is 9.55 Å². The highest BCUT2D eigenvalue weighted by atomic mass is 32.1. The summed E-state index contributed by atoms with van der Waals surface area (Å²) in [6.07, 6.45) is 0. The molecule has 0 fully saturated rings. The van der Waals surface area contributed by atoms with Gasteiger partial charge in [-0.25, -0.2) is 4.39 Å². The van der Waals surface area contributed by atoms with E-state index in [1.165, 1.54) is 19.2 Å². The number of H-pyrrole nitrogens is 1. The number of hydrogen-bond donors (Lipinski definition) is 1. The minimum atomic E-state index is -0.340. The number of rotatable bonds is 2. The van der Waals surface area contributed by atoms with Gasteiger partial charge in [0.25, 0.3) is 0 Å². The summed E-state index contributed by atoms with van der Waals surface area (Å²) >= 11 is 5.39. The topological polar surface area (TPSA) is 29.9 Å². The number of hydrogen-bond acceptors (Lipinski definition) is 2. The molecule has 0 saturated carbocycles. The molecule has 0 atom stereocenters. The van der Waals surface area contributed by atoms with Crippen LogP contribution in [0.1, 0.15) is 5.56 Å². The van der Waals surface area contributed by atoms with Crippen molar-refractivity contribution < 1.29 is 9.13 Å². The number of aromatic nitrogens is 2. The average Bonchev–Trinajstić information content (AvgIpc) is 2.77. The molecule has 0 radical (unpaired) electrons. The zero-order valence-corrected chi connectivity index (χ0v) is 11.9. The first kappa shape index (κ1) is 12.9. The van der Waals surface area contributed by atoms with Crippen molar-refractivity contribution in [2.24, 2.45) is 0 Å². The second-order valence-electron chi connectivity index (χ2n) is 4.55. The summed E-state index contributed by atoms with van der Waals surface area (Å²) in [6, 6.07) is 10.4. The molecule has 0 unspecified atom stereocenters. The van der Waals surface area contributed by atoms with Crippen molar-refractivity contribution in [2.45, 2.75) is 6.92 Å². The molecule has 20 heavy (non-hydrogen) atoms. The Morgan fingerprint density at radius 2 is 2.05 bits per heavy atom. The molecule has 1 heterocycles. The van der Waals surface area contributed by atoms with Crippen LogP contribution in [0.4, 0.5) is 4.39 Å². The third-order valence-electron chi connectivity index (χ3n) is 3.31. The van der Waals surface area contributed by atoms with Gasteiger partial charge in [0.2, 0.25) is 0 Å². The van der Waals surface area contributed by atoms with E-state index in [4.69, 9.17) is 17.0 Å². The fraction of sp³-hybridized carbons (Fsp3) is 0.133. The van der Waals surface area contributed by atoms with Crippen LogP contribution in [-0.4, -0.2) is 16.7 Å². The average molecular weight is 288 g/mol. The van der Waals surface area contributed by atoms with Crippen LogP contribution in [0.15, 0.2) is 36.4 Å². The molecule has 3 nitrogen and oxygen atoms in total. The van der Waals surface area contributed by atoms with Crippen molar-refractivity contribution in [1.29, 1.82) is 0 Å². The van der Waals surface area contributed by atoms with Gasteiger partial charge in [0, 0.05) is 6.07 Å². The number of imidazole rings is 1. The largest absolute Gasteiger partial charge is 0.494 e. The molecule has 5 heteroatoms. The molecular formula is C15H13FN2OS. The fourth-order valence-corrected chi connectivity index (χ4v) is 2.65. The fourth-order valence-electron chi connectivity index (χ4n) is 2.35. The monoisotopic (exact) mass is 288 g/mol. The van der Waals surface area contributed by atoms with Crippen molar-refractivity contribution in [3.05, 3.63) is 52.5 Å². The highest BCUT2D eigenvalue weighted by Crippen LogP contribution is 2.28. The highest BCUT2D eigenvalue weighted by molar-refractivity contribution is 7.71. The number of aryl methyl sites for hydroxylation is 1. The molecule has 3 rings (SSSR count). The van der Waals surface area contributed by atoms with Gasteiger partial charge in [0.15, 0.2) is 4.77 Å². The van der Waals surface area contributed by atoms with Gasteiger partial charge in [-0.15, -0.1) is 0 Å². The van der Waals surface area contributed by atoms with Gasteiger partial charge < -0.3 is 9.72 Å². The molecule has 1 N–H and O–H groups in total. The van der Waals surface area contributed by atoms with Crippen LogP contribution in [0.3, 0.4) is 0 Å². The zero-order valence-electron chi connectivity index (χ0n) is 11.1. The number of methoxy groups -OCH3 is 1. The molecule has 102 valence electrons. The number of benzene rings is 2. The van der Waals surface area contributed by atoms with Crippen LogP contribution in [-0.2, 0) is 0 Å². The van der Waals surface area contributed by atoms with Gasteiger partial charge in [0.05, 0.1) is 23.8 Å². The zero-order chi connectivity index (χ0) is 14.3. The molecule has 0 bridgehead atoms. The Morgan fingerprint density at radius 3 is 2.80 bits per heavy atom. The van der Waals surface area contributed by atoms with E-state index in [2.05, 4.69) is 4.98 Å². The number of para-hydroxylation sites is 1. The quantitative estimate of drug-likeness (QED) is 0.718. The van der Waals surface area contributed by atoms with E-state index in [1.54, 1.807) is 6.07 Å². The Hall–Kier alpha value is -2.14. The predicted molar refractivity (Wildman–Crippen MR) is 79.7 cm³/mol. The molecule has 0 aliphatic carbocycles. The first-order chi connectivity index (χ1) is 9.61. The van der Waals surface area contributed by atoms with Crippen molar-refractivity contribution in [3.8, 4) is 11.4 Å². The van der Waals surface area contributed by atoms with Crippen LogP contribution < -0.4 is 4.74 Å². The number of fused-ring (bicyclic) bond motifs is 1. The maximum absolute atomic E-state index is 13.3. The summed E-state index contributed by atoms with van der Waals surface area (Å²) in [5, 5.41) is 0. The number of ether oxygens (including phenoxy) is 1. The third-order valence-corrected chi connectivity index (χ3v) is 3.59. The Kier molecular flexibility index (Phi) is 3.06. The normalized spacial score (nSPS) is 10.9. The van der Waals surface area contributed by atoms with Gasteiger partial charge in [-0.2, -0.15) is 0 Å². The smallest absolute Gasteiger partial charge is 0.182 e. The van der Waals surface area contributed by atoms with Crippen LogP contribution in [0.2, 0.25) is 0 Å². The molecule has 0 spiro atoms. The molecule has 0 amide bonds. The Labute approximate surface area is 120 Å². The van der Waals surface area contributed by atoms with Crippen LogP contribution in [0.25, 0.3) is 16.7 Å². The van der Waals surface area contributed by atoms with Crippen LogP contribution >= 0.6 is 12.2 Å². The second-order valence-corrected chi connectivity index (χ2v) is 4.94. The minimum Gasteiger partial charge on any atom is -0.494 e. The van der Waals surface area contributed by atoms with Crippen molar-refractivity contribution in [3.63, 3.8) is 0 Å². The van der Waals surface area contributed by atoms with E-state index in [9.17, 15) is 4.39 Å². The SMILES string of the molecule is COc1cc(F)ccc1-n1c(=S)[nH]c2c(C)cccc21. The highest BCUT2D eigenvalue weighted by Gasteiger charge is 2.12. The third kappa shape index (κ3) is 1.91. The van der Waals surface area contributed by atoms with E-state index in [1.807, 2.05) is 29.7 Å². The van der Waals surface area contributed by atoms with E-state index in [0.29, 0.717) is 10.5 Å². The predicted octanol–water partition coefficient (Wildman–Crippen LogP) is 4.14. The Bertz CT molecular complexity index is 851. The maximum Gasteiger partial charge on any atom is 0.182 e. The van der Waals surface area contributed by atoms with E-state index in [0.717, 1.165) is 22.3 Å². The molecule has 2 aromatic carbocycles. The standard InChI is InChI=1S/C15H13FN2OS/c1-9-4-3-5-12-14(9)17-15(20)18(12)11-7-6-10(16)8-13(11)19-2/h3-8H,1-2H3,(H,17,20). The van der Waals surface area contributed by atoms with Gasteiger partial charge >= 0.3 is 0 Å². The van der Waals surface area contributed by atoms with Crippen LogP contribution in [0.5, 0.6) is 5.75 Å². The van der Waals surface area contributed by atoms with Crippen molar-refractivity contribution in [2.75, 3.05) is 7.11 Å². The summed E-state index contributed by atoms with van der Waals surface area (Å²) in [6.45, 7) is 2.01. The molecular weight excluding hydrogens is 275 g/mol. The molecule has 3 aromatic rings. The molecule has 0 aliphatic rings. The lowest BCUT2D eigenvalue weighted by Gasteiger charge is -2.10. The van der Waals surface area contributed by atoms with Crippen LogP contribution in [0, 0.1) is 17.5 Å². The summed E-state index contributed by atoms with van der Waals surface area (Å²) < 4.78 is 21.0. The molecule has 0 saturated heterocycles. The Balaban J connectivity index is 2.38. The summed E-state index contributed by atoms with van der Waals surface area (Å²) in [7, 11) is 1.52. The van der Waals surface area contributed by atoms with Gasteiger partial charge in [-0.3, -0.25) is 4.57 Å². The lowest BCUT2D eigenvalue weighted by atomic mass is 10.2. The van der Waals surface area contributed by atoms with Gasteiger partial charge in [0.1, 0.15) is 11.6 Å². The number of aromatic amines is 1. The lowest BCUT2D eigenvalue weighted by Crippen LogP contribution is -1.98. The lowest BCUT2D eigenvalue weighted by molar-refractivity contribution is 0.409. The van der Waals surface area contributed by atoms with E-state index in [-0.39, 0.29) is 5.82 Å². The molecule has 0 aliphatic heterocycles. The summed E-state index contributed by atoms with van der Waals surface area (Å²) in [4.78, 5) is 3.19. The number of nitrogens with zero attached hydrogens (tertiary/aromatic N) is 1. The van der Waals surface area contributed by atoms with E-state index >= 15 is 0 Å². The maximum atomic E-state index is 13.3. The van der Waals surface area contributed by atoms with Crippen molar-refractivity contribution >= 4 is 23.3 Å². The van der Waals surface area contributed by atoms with Gasteiger partial charge in [-0.1, -0.05) is 12.1 Å². The number of halogens is 1.